The number of unbranched alkanes of at least 4 members (excludes halogenated alkanes) is 2. The first-order valence-electron chi connectivity index (χ1n) is 5.43. The molecular formula is C13H18NO. The Morgan fingerprint density at radius 3 is 2.60 bits per heavy atom. The molecule has 0 saturated carbocycles. The molecule has 0 fully saturated rings. The first kappa shape index (κ1) is 11.8. The highest BCUT2D eigenvalue weighted by atomic mass is 16.1. The van der Waals surface area contributed by atoms with Crippen LogP contribution in [0.3, 0.4) is 0 Å². The summed E-state index contributed by atoms with van der Waals surface area (Å²) in [5.41, 5.74) is 1.06. The van der Waals surface area contributed by atoms with Gasteiger partial charge in [-0.3, -0.25) is 4.79 Å². The van der Waals surface area contributed by atoms with Gasteiger partial charge < -0.3 is 5.32 Å². The van der Waals surface area contributed by atoms with Crippen molar-refractivity contribution in [3.8, 4) is 0 Å². The summed E-state index contributed by atoms with van der Waals surface area (Å²) >= 11 is 0. The standard InChI is InChI=1S/C13H18NO/c1-2-3-7-10-14-13(15)11-12-8-5-4-6-9-12/h4-6,8-9H,1-3,7,10-11H2,(H,14,15). The van der Waals surface area contributed by atoms with Crippen LogP contribution in [0.4, 0.5) is 0 Å². The van der Waals surface area contributed by atoms with Gasteiger partial charge in [-0.2, -0.15) is 0 Å². The monoisotopic (exact) mass is 204 g/mol. The minimum Gasteiger partial charge on any atom is -0.356 e. The molecule has 1 radical (unpaired) electrons. The Morgan fingerprint density at radius 2 is 1.93 bits per heavy atom. The summed E-state index contributed by atoms with van der Waals surface area (Å²) in [6.45, 7) is 4.52. The summed E-state index contributed by atoms with van der Waals surface area (Å²) in [6.07, 6.45) is 3.51. The van der Waals surface area contributed by atoms with Crippen LogP contribution in [0, 0.1) is 6.92 Å². The third-order valence-electron chi connectivity index (χ3n) is 2.21. The lowest BCUT2D eigenvalue weighted by Gasteiger charge is -2.04. The van der Waals surface area contributed by atoms with E-state index < -0.39 is 0 Å². The molecule has 0 spiro atoms. The predicted molar refractivity (Wildman–Crippen MR) is 62.4 cm³/mol. The minimum atomic E-state index is 0.102. The number of carbonyl (C=O) groups excluding carboxylic acids is 1. The van der Waals surface area contributed by atoms with Gasteiger partial charge in [0.2, 0.25) is 5.91 Å². The van der Waals surface area contributed by atoms with Crippen molar-refractivity contribution in [1.29, 1.82) is 0 Å². The Kier molecular flexibility index (Phi) is 5.52. The van der Waals surface area contributed by atoms with Gasteiger partial charge in [0, 0.05) is 6.54 Å². The molecule has 2 heteroatoms. The molecule has 81 valence electrons. The molecule has 0 heterocycles. The normalized spacial score (nSPS) is 9.93. The minimum absolute atomic E-state index is 0.102. The number of hydrogen-bond acceptors (Lipinski definition) is 1. The van der Waals surface area contributed by atoms with E-state index in [1.807, 2.05) is 30.3 Å². The predicted octanol–water partition coefficient (Wildman–Crippen LogP) is 2.35. The number of carbonyl (C=O) groups is 1. The van der Waals surface area contributed by atoms with Gasteiger partial charge in [0.25, 0.3) is 0 Å². The third kappa shape index (κ3) is 5.21. The van der Waals surface area contributed by atoms with Crippen molar-refractivity contribution in [2.45, 2.75) is 25.7 Å². The number of nitrogens with one attached hydrogen (secondary N) is 1. The molecule has 1 rings (SSSR count). The number of hydrogen-bond donors (Lipinski definition) is 1. The molecule has 0 aliphatic rings. The Bertz CT molecular complexity index is 282. The van der Waals surface area contributed by atoms with Crippen molar-refractivity contribution in [2.24, 2.45) is 0 Å². The molecule has 0 aliphatic heterocycles. The summed E-state index contributed by atoms with van der Waals surface area (Å²) in [4.78, 5) is 11.4. The first-order chi connectivity index (χ1) is 7.33. The van der Waals surface area contributed by atoms with Gasteiger partial charge in [-0.05, 0) is 12.0 Å². The molecule has 1 aromatic carbocycles. The Labute approximate surface area is 91.7 Å². The largest absolute Gasteiger partial charge is 0.356 e. The van der Waals surface area contributed by atoms with Crippen LogP contribution in [0.25, 0.3) is 0 Å². The van der Waals surface area contributed by atoms with E-state index in [-0.39, 0.29) is 5.91 Å². The zero-order chi connectivity index (χ0) is 10.9. The van der Waals surface area contributed by atoms with E-state index in [0.29, 0.717) is 6.42 Å². The number of rotatable bonds is 6. The van der Waals surface area contributed by atoms with Crippen LogP contribution in [0.15, 0.2) is 30.3 Å². The van der Waals surface area contributed by atoms with Gasteiger partial charge in [-0.1, -0.05) is 50.1 Å². The van der Waals surface area contributed by atoms with Crippen molar-refractivity contribution in [1.82, 2.24) is 5.32 Å². The quantitative estimate of drug-likeness (QED) is 0.708. The Balaban J connectivity index is 2.19. The van der Waals surface area contributed by atoms with Crippen LogP contribution in [-0.4, -0.2) is 12.5 Å². The zero-order valence-corrected chi connectivity index (χ0v) is 9.04. The number of benzene rings is 1. The summed E-state index contributed by atoms with van der Waals surface area (Å²) in [5.74, 6) is 0.102. The molecule has 0 bridgehead atoms. The van der Waals surface area contributed by atoms with Gasteiger partial charge in [0.1, 0.15) is 0 Å². The molecular weight excluding hydrogens is 186 g/mol. The van der Waals surface area contributed by atoms with Crippen LogP contribution >= 0.6 is 0 Å². The van der Waals surface area contributed by atoms with Crippen molar-refractivity contribution in [2.75, 3.05) is 6.54 Å². The molecule has 1 N–H and O–H groups in total. The lowest BCUT2D eigenvalue weighted by atomic mass is 10.1. The van der Waals surface area contributed by atoms with E-state index in [0.717, 1.165) is 31.4 Å². The zero-order valence-electron chi connectivity index (χ0n) is 9.04. The summed E-state index contributed by atoms with van der Waals surface area (Å²) < 4.78 is 0. The SMILES string of the molecule is [CH2]CCCCNC(=O)Cc1ccccc1. The fourth-order valence-corrected chi connectivity index (χ4v) is 1.37. The van der Waals surface area contributed by atoms with Crippen molar-refractivity contribution >= 4 is 5.91 Å². The van der Waals surface area contributed by atoms with E-state index in [2.05, 4.69) is 12.2 Å². The van der Waals surface area contributed by atoms with E-state index in [1.54, 1.807) is 0 Å². The van der Waals surface area contributed by atoms with E-state index in [4.69, 9.17) is 0 Å². The van der Waals surface area contributed by atoms with Gasteiger partial charge >= 0.3 is 0 Å². The lowest BCUT2D eigenvalue weighted by molar-refractivity contribution is -0.120. The molecule has 0 saturated heterocycles. The summed E-state index contributed by atoms with van der Waals surface area (Å²) in [7, 11) is 0. The van der Waals surface area contributed by atoms with Crippen LogP contribution < -0.4 is 5.32 Å². The second-order valence-electron chi connectivity index (χ2n) is 3.57. The molecule has 0 atom stereocenters. The van der Waals surface area contributed by atoms with Gasteiger partial charge in [-0.25, -0.2) is 0 Å². The highest BCUT2D eigenvalue weighted by molar-refractivity contribution is 5.78. The first-order valence-corrected chi connectivity index (χ1v) is 5.43. The molecule has 0 aliphatic carbocycles. The lowest BCUT2D eigenvalue weighted by Crippen LogP contribution is -2.25. The van der Waals surface area contributed by atoms with E-state index in [9.17, 15) is 4.79 Å². The van der Waals surface area contributed by atoms with E-state index >= 15 is 0 Å². The van der Waals surface area contributed by atoms with Crippen LogP contribution in [0.2, 0.25) is 0 Å². The average Bonchev–Trinajstić information content (AvgIpc) is 2.26. The third-order valence-corrected chi connectivity index (χ3v) is 2.21. The second kappa shape index (κ2) is 7.04. The fraction of sp³-hybridized carbons (Fsp3) is 0.385. The van der Waals surface area contributed by atoms with Crippen LogP contribution in [-0.2, 0) is 11.2 Å². The topological polar surface area (TPSA) is 29.1 Å². The van der Waals surface area contributed by atoms with Crippen molar-refractivity contribution in [3.63, 3.8) is 0 Å². The maximum atomic E-state index is 11.4. The highest BCUT2D eigenvalue weighted by Crippen LogP contribution is 1.99. The van der Waals surface area contributed by atoms with Crippen molar-refractivity contribution in [3.05, 3.63) is 42.8 Å². The smallest absolute Gasteiger partial charge is 0.224 e. The second-order valence-corrected chi connectivity index (χ2v) is 3.57. The number of amides is 1. The molecule has 1 amide bonds. The molecule has 0 aromatic heterocycles. The molecule has 1 aromatic rings. The van der Waals surface area contributed by atoms with Gasteiger partial charge in [0.05, 0.1) is 6.42 Å². The van der Waals surface area contributed by atoms with Crippen molar-refractivity contribution < 1.29 is 4.79 Å². The van der Waals surface area contributed by atoms with E-state index in [1.165, 1.54) is 0 Å². The maximum absolute atomic E-state index is 11.4. The Morgan fingerprint density at radius 1 is 1.20 bits per heavy atom. The average molecular weight is 204 g/mol. The molecule has 2 nitrogen and oxygen atoms in total. The highest BCUT2D eigenvalue weighted by Gasteiger charge is 2.01. The molecule has 15 heavy (non-hydrogen) atoms. The summed E-state index contributed by atoms with van der Waals surface area (Å²) in [5, 5.41) is 2.90. The molecule has 0 unspecified atom stereocenters. The summed E-state index contributed by atoms with van der Waals surface area (Å²) in [6, 6.07) is 9.79. The maximum Gasteiger partial charge on any atom is 0.224 e. The van der Waals surface area contributed by atoms with Gasteiger partial charge in [0.15, 0.2) is 0 Å². The van der Waals surface area contributed by atoms with Gasteiger partial charge in [-0.15, -0.1) is 0 Å². The van der Waals surface area contributed by atoms with Crippen LogP contribution in [0.1, 0.15) is 24.8 Å². The fourth-order valence-electron chi connectivity index (χ4n) is 1.37. The Hall–Kier alpha value is -1.31. The van der Waals surface area contributed by atoms with Crippen LogP contribution in [0.5, 0.6) is 0 Å².